The number of nitrogens with one attached hydrogen (secondary N) is 1. The standard InChI is InChI=1S/C14H19F2NO/c1-10(12-3-2-11(15)8-13(12)16)17-9-14(4-5-14)6-7-18/h2-3,8,10,17-18H,4-7,9H2,1H3. The van der Waals surface area contributed by atoms with Crippen LogP contribution in [0.5, 0.6) is 0 Å². The number of hydrogen-bond acceptors (Lipinski definition) is 2. The fourth-order valence-corrected chi connectivity index (χ4v) is 2.26. The van der Waals surface area contributed by atoms with E-state index in [-0.39, 0.29) is 18.1 Å². The van der Waals surface area contributed by atoms with Crippen LogP contribution >= 0.6 is 0 Å². The fourth-order valence-electron chi connectivity index (χ4n) is 2.26. The molecule has 0 aliphatic heterocycles. The van der Waals surface area contributed by atoms with E-state index in [1.165, 1.54) is 12.1 Å². The molecule has 2 rings (SSSR count). The van der Waals surface area contributed by atoms with Crippen molar-refractivity contribution in [3.05, 3.63) is 35.4 Å². The zero-order valence-corrected chi connectivity index (χ0v) is 10.5. The van der Waals surface area contributed by atoms with Crippen molar-refractivity contribution in [1.82, 2.24) is 5.32 Å². The molecule has 1 aliphatic rings. The summed E-state index contributed by atoms with van der Waals surface area (Å²) in [5.74, 6) is -1.07. The fraction of sp³-hybridized carbons (Fsp3) is 0.571. The van der Waals surface area contributed by atoms with Crippen LogP contribution in [0.15, 0.2) is 18.2 Å². The molecule has 4 heteroatoms. The molecule has 18 heavy (non-hydrogen) atoms. The Morgan fingerprint density at radius 1 is 1.39 bits per heavy atom. The first-order valence-corrected chi connectivity index (χ1v) is 6.35. The van der Waals surface area contributed by atoms with Crippen molar-refractivity contribution in [1.29, 1.82) is 0 Å². The molecule has 1 aliphatic carbocycles. The highest BCUT2D eigenvalue weighted by Crippen LogP contribution is 2.48. The summed E-state index contributed by atoms with van der Waals surface area (Å²) in [6, 6.07) is 3.51. The van der Waals surface area contributed by atoms with Gasteiger partial charge in [-0.05, 0) is 37.7 Å². The van der Waals surface area contributed by atoms with Crippen LogP contribution < -0.4 is 5.32 Å². The maximum absolute atomic E-state index is 13.6. The molecule has 2 N–H and O–H groups in total. The third-order valence-electron chi connectivity index (χ3n) is 3.81. The third-order valence-corrected chi connectivity index (χ3v) is 3.81. The molecule has 1 aromatic carbocycles. The minimum absolute atomic E-state index is 0.151. The topological polar surface area (TPSA) is 32.3 Å². The van der Waals surface area contributed by atoms with Gasteiger partial charge in [0.25, 0.3) is 0 Å². The summed E-state index contributed by atoms with van der Waals surface area (Å²) < 4.78 is 26.4. The Bertz CT molecular complexity index is 418. The van der Waals surface area contributed by atoms with E-state index in [0.29, 0.717) is 5.56 Å². The number of benzene rings is 1. The van der Waals surface area contributed by atoms with E-state index in [9.17, 15) is 8.78 Å². The molecule has 100 valence electrons. The highest BCUT2D eigenvalue weighted by Gasteiger charge is 2.41. The van der Waals surface area contributed by atoms with E-state index in [4.69, 9.17) is 5.11 Å². The second-order valence-electron chi connectivity index (χ2n) is 5.24. The van der Waals surface area contributed by atoms with E-state index in [1.54, 1.807) is 0 Å². The van der Waals surface area contributed by atoms with Gasteiger partial charge in [-0.15, -0.1) is 0 Å². The first kappa shape index (κ1) is 13.4. The Morgan fingerprint density at radius 3 is 2.67 bits per heavy atom. The van der Waals surface area contributed by atoms with Gasteiger partial charge in [0, 0.05) is 30.8 Å². The molecule has 1 fully saturated rings. The number of aliphatic hydroxyl groups is 1. The van der Waals surface area contributed by atoms with Gasteiger partial charge in [-0.1, -0.05) is 6.07 Å². The van der Waals surface area contributed by atoms with Crippen molar-refractivity contribution < 1.29 is 13.9 Å². The van der Waals surface area contributed by atoms with Gasteiger partial charge in [-0.3, -0.25) is 0 Å². The number of rotatable bonds is 6. The molecule has 0 radical (unpaired) electrons. The first-order valence-electron chi connectivity index (χ1n) is 6.35. The summed E-state index contributed by atoms with van der Waals surface area (Å²) >= 11 is 0. The van der Waals surface area contributed by atoms with Gasteiger partial charge in [0.05, 0.1) is 0 Å². The van der Waals surface area contributed by atoms with Crippen molar-refractivity contribution in [3.8, 4) is 0 Å². The molecule has 1 atom stereocenters. The van der Waals surface area contributed by atoms with E-state index in [0.717, 1.165) is 31.9 Å². The maximum atomic E-state index is 13.6. The Morgan fingerprint density at radius 2 is 2.11 bits per heavy atom. The average molecular weight is 255 g/mol. The van der Waals surface area contributed by atoms with E-state index in [1.807, 2.05) is 6.92 Å². The normalized spacial score (nSPS) is 18.7. The lowest BCUT2D eigenvalue weighted by molar-refractivity contribution is 0.242. The minimum Gasteiger partial charge on any atom is -0.396 e. The Kier molecular flexibility index (Phi) is 3.97. The highest BCUT2D eigenvalue weighted by atomic mass is 19.1. The monoisotopic (exact) mass is 255 g/mol. The lowest BCUT2D eigenvalue weighted by Gasteiger charge is -2.20. The number of hydrogen-bond donors (Lipinski definition) is 2. The van der Waals surface area contributed by atoms with Crippen LogP contribution in [0, 0.1) is 17.0 Å². The number of aliphatic hydroxyl groups excluding tert-OH is 1. The number of halogens is 2. The molecule has 0 aromatic heterocycles. The predicted octanol–water partition coefficient (Wildman–Crippen LogP) is 2.78. The SMILES string of the molecule is CC(NCC1(CCO)CC1)c1ccc(F)cc1F. The zero-order valence-electron chi connectivity index (χ0n) is 10.5. The van der Waals surface area contributed by atoms with Gasteiger partial charge in [0.15, 0.2) is 0 Å². The van der Waals surface area contributed by atoms with Crippen molar-refractivity contribution in [2.45, 2.75) is 32.2 Å². The highest BCUT2D eigenvalue weighted by molar-refractivity contribution is 5.21. The lowest BCUT2D eigenvalue weighted by Crippen LogP contribution is -2.28. The molecule has 2 nitrogen and oxygen atoms in total. The van der Waals surface area contributed by atoms with Gasteiger partial charge in [0.2, 0.25) is 0 Å². The van der Waals surface area contributed by atoms with Gasteiger partial charge < -0.3 is 10.4 Å². The smallest absolute Gasteiger partial charge is 0.130 e. The molecule has 0 heterocycles. The van der Waals surface area contributed by atoms with Crippen molar-refractivity contribution in [2.24, 2.45) is 5.41 Å². The van der Waals surface area contributed by atoms with Crippen LogP contribution in [0.25, 0.3) is 0 Å². The van der Waals surface area contributed by atoms with E-state index in [2.05, 4.69) is 5.32 Å². The average Bonchev–Trinajstić information content (AvgIpc) is 3.07. The van der Waals surface area contributed by atoms with Crippen LogP contribution in [0.4, 0.5) is 8.78 Å². The summed E-state index contributed by atoms with van der Waals surface area (Å²) in [5.41, 5.74) is 0.677. The molecule has 0 amide bonds. The van der Waals surface area contributed by atoms with Gasteiger partial charge in [-0.25, -0.2) is 8.78 Å². The summed E-state index contributed by atoms with van der Waals surface area (Å²) in [6.07, 6.45) is 3.01. The Balaban J connectivity index is 1.93. The predicted molar refractivity (Wildman–Crippen MR) is 66.1 cm³/mol. The molecule has 0 bridgehead atoms. The maximum Gasteiger partial charge on any atom is 0.130 e. The van der Waals surface area contributed by atoms with Gasteiger partial charge in [-0.2, -0.15) is 0 Å². The largest absolute Gasteiger partial charge is 0.396 e. The summed E-state index contributed by atoms with van der Waals surface area (Å²) in [4.78, 5) is 0. The van der Waals surface area contributed by atoms with Crippen molar-refractivity contribution >= 4 is 0 Å². The zero-order chi connectivity index (χ0) is 13.2. The van der Waals surface area contributed by atoms with Crippen LogP contribution in [0.1, 0.15) is 37.8 Å². The second kappa shape index (κ2) is 5.33. The van der Waals surface area contributed by atoms with Crippen LogP contribution in [-0.2, 0) is 0 Å². The van der Waals surface area contributed by atoms with Gasteiger partial charge >= 0.3 is 0 Å². The van der Waals surface area contributed by atoms with E-state index < -0.39 is 11.6 Å². The molecule has 0 spiro atoms. The first-order chi connectivity index (χ1) is 8.56. The summed E-state index contributed by atoms with van der Waals surface area (Å²) in [7, 11) is 0. The minimum atomic E-state index is -0.553. The Hall–Kier alpha value is -1.00. The lowest BCUT2D eigenvalue weighted by atomic mass is 10.0. The third kappa shape index (κ3) is 3.06. The van der Waals surface area contributed by atoms with Crippen LogP contribution in [0.2, 0.25) is 0 Å². The van der Waals surface area contributed by atoms with E-state index >= 15 is 0 Å². The molecule has 1 saturated carbocycles. The molecule has 1 unspecified atom stereocenters. The van der Waals surface area contributed by atoms with Crippen molar-refractivity contribution in [2.75, 3.05) is 13.2 Å². The second-order valence-corrected chi connectivity index (χ2v) is 5.24. The molecule has 1 aromatic rings. The van der Waals surface area contributed by atoms with Crippen LogP contribution in [0.3, 0.4) is 0 Å². The molecule has 0 saturated heterocycles. The summed E-state index contributed by atoms with van der Waals surface area (Å²) in [5, 5.41) is 12.2. The summed E-state index contributed by atoms with van der Waals surface area (Å²) in [6.45, 7) is 2.83. The quantitative estimate of drug-likeness (QED) is 0.819. The molecular formula is C14H19F2NO. The van der Waals surface area contributed by atoms with Crippen LogP contribution in [-0.4, -0.2) is 18.3 Å². The Labute approximate surface area is 106 Å². The van der Waals surface area contributed by atoms with Gasteiger partial charge in [0.1, 0.15) is 11.6 Å². The van der Waals surface area contributed by atoms with Crippen molar-refractivity contribution in [3.63, 3.8) is 0 Å². The molecular weight excluding hydrogens is 236 g/mol.